The summed E-state index contributed by atoms with van der Waals surface area (Å²) < 4.78 is 39.3. The van der Waals surface area contributed by atoms with Gasteiger partial charge in [0.25, 0.3) is 0 Å². The van der Waals surface area contributed by atoms with Crippen molar-refractivity contribution in [3.63, 3.8) is 0 Å². The molecule has 2 aromatic carbocycles. The SMILES string of the molecule is Cn1c(SCCS(=O)(=O)c2ccc(Br)cc2)nnc1C1COc2ccccc2O1. The Morgan fingerprint density at radius 1 is 1.14 bits per heavy atom. The van der Waals surface area contributed by atoms with E-state index in [0.717, 1.165) is 4.47 Å². The Kier molecular flexibility index (Phi) is 5.84. The topological polar surface area (TPSA) is 83.3 Å². The van der Waals surface area contributed by atoms with E-state index >= 15 is 0 Å². The molecule has 0 saturated carbocycles. The summed E-state index contributed by atoms with van der Waals surface area (Å²) in [5.74, 6) is 2.39. The molecule has 0 saturated heterocycles. The minimum absolute atomic E-state index is 0.0118. The highest BCUT2D eigenvalue weighted by molar-refractivity contribution is 9.10. The molecule has 0 spiro atoms. The fourth-order valence-corrected chi connectivity index (χ4v) is 5.71. The molecule has 0 bridgehead atoms. The minimum Gasteiger partial charge on any atom is -0.485 e. The largest absolute Gasteiger partial charge is 0.485 e. The molecule has 29 heavy (non-hydrogen) atoms. The van der Waals surface area contributed by atoms with Crippen LogP contribution in [-0.2, 0) is 16.9 Å². The zero-order valence-corrected chi connectivity index (χ0v) is 18.7. The number of ether oxygens (including phenoxy) is 2. The van der Waals surface area contributed by atoms with E-state index in [9.17, 15) is 8.42 Å². The number of rotatable bonds is 6. The average molecular weight is 496 g/mol. The molecular weight excluding hydrogens is 478 g/mol. The van der Waals surface area contributed by atoms with Crippen LogP contribution in [0.25, 0.3) is 0 Å². The Balaban J connectivity index is 1.40. The molecule has 0 fully saturated rings. The molecule has 0 radical (unpaired) electrons. The van der Waals surface area contributed by atoms with Gasteiger partial charge in [-0.15, -0.1) is 10.2 Å². The maximum absolute atomic E-state index is 12.5. The Bertz CT molecular complexity index is 1120. The van der Waals surface area contributed by atoms with Gasteiger partial charge in [-0.1, -0.05) is 39.8 Å². The molecule has 1 aliphatic heterocycles. The van der Waals surface area contributed by atoms with E-state index < -0.39 is 9.84 Å². The first-order valence-corrected chi connectivity index (χ1v) is 12.3. The van der Waals surface area contributed by atoms with Gasteiger partial charge in [-0.25, -0.2) is 8.42 Å². The van der Waals surface area contributed by atoms with E-state index in [4.69, 9.17) is 9.47 Å². The van der Waals surface area contributed by atoms with Crippen molar-refractivity contribution in [2.75, 3.05) is 18.1 Å². The van der Waals surface area contributed by atoms with Crippen molar-refractivity contribution in [1.82, 2.24) is 14.8 Å². The van der Waals surface area contributed by atoms with E-state index in [1.165, 1.54) is 11.8 Å². The lowest BCUT2D eigenvalue weighted by atomic mass is 10.2. The summed E-state index contributed by atoms with van der Waals surface area (Å²) in [4.78, 5) is 0.311. The number of hydrogen-bond acceptors (Lipinski definition) is 7. The molecule has 7 nitrogen and oxygen atoms in total. The van der Waals surface area contributed by atoms with Crippen LogP contribution < -0.4 is 9.47 Å². The third kappa shape index (κ3) is 4.44. The quantitative estimate of drug-likeness (QED) is 0.482. The normalized spacial score (nSPS) is 16.0. The second kappa shape index (κ2) is 8.37. The van der Waals surface area contributed by atoms with Crippen LogP contribution in [0.5, 0.6) is 11.5 Å². The van der Waals surface area contributed by atoms with Crippen LogP contribution in [0, 0.1) is 0 Å². The summed E-state index contributed by atoms with van der Waals surface area (Å²) in [6.07, 6.45) is -0.372. The third-order valence-corrected chi connectivity index (χ3v) is 7.96. The second-order valence-corrected chi connectivity index (χ2v) is 10.5. The molecule has 0 aliphatic carbocycles. The van der Waals surface area contributed by atoms with Gasteiger partial charge in [-0.2, -0.15) is 0 Å². The minimum atomic E-state index is -3.35. The predicted octanol–water partition coefficient (Wildman–Crippen LogP) is 3.66. The fraction of sp³-hybridized carbons (Fsp3) is 0.263. The Morgan fingerprint density at radius 2 is 1.86 bits per heavy atom. The Hall–Kier alpha value is -2.04. The molecule has 0 N–H and O–H groups in total. The van der Waals surface area contributed by atoms with Crippen LogP contribution in [-0.4, -0.2) is 41.3 Å². The van der Waals surface area contributed by atoms with Crippen LogP contribution in [0.15, 0.2) is 63.1 Å². The van der Waals surface area contributed by atoms with Crippen LogP contribution in [0.1, 0.15) is 11.9 Å². The fourth-order valence-electron chi connectivity index (χ4n) is 2.88. The molecule has 4 rings (SSSR count). The Labute approximate surface area is 181 Å². The first-order chi connectivity index (χ1) is 13.9. The summed E-state index contributed by atoms with van der Waals surface area (Å²) in [7, 11) is -1.51. The summed E-state index contributed by atoms with van der Waals surface area (Å²) in [6, 6.07) is 14.1. The predicted molar refractivity (Wildman–Crippen MR) is 113 cm³/mol. The number of para-hydroxylation sites is 2. The molecule has 152 valence electrons. The lowest BCUT2D eigenvalue weighted by Gasteiger charge is -2.25. The van der Waals surface area contributed by atoms with Crippen molar-refractivity contribution in [2.45, 2.75) is 16.2 Å². The van der Waals surface area contributed by atoms with Gasteiger partial charge in [-0.05, 0) is 36.4 Å². The molecule has 1 unspecified atom stereocenters. The smallest absolute Gasteiger partial charge is 0.192 e. The highest BCUT2D eigenvalue weighted by Crippen LogP contribution is 2.35. The highest BCUT2D eigenvalue weighted by Gasteiger charge is 2.27. The number of halogens is 1. The number of nitrogens with zero attached hydrogens (tertiary/aromatic N) is 3. The first kappa shape index (κ1) is 20.2. The van der Waals surface area contributed by atoms with E-state index in [0.29, 0.717) is 39.7 Å². The molecular formula is C19H18BrN3O4S2. The van der Waals surface area contributed by atoms with Gasteiger partial charge in [0.15, 0.2) is 38.4 Å². The van der Waals surface area contributed by atoms with E-state index in [1.807, 2.05) is 35.9 Å². The van der Waals surface area contributed by atoms with Crippen LogP contribution in [0.2, 0.25) is 0 Å². The zero-order valence-electron chi connectivity index (χ0n) is 15.5. The molecule has 0 amide bonds. The van der Waals surface area contributed by atoms with Gasteiger partial charge in [0.1, 0.15) is 6.61 Å². The maximum atomic E-state index is 12.5. The molecule has 1 aliphatic rings. The molecule has 1 aromatic heterocycles. The molecule has 10 heteroatoms. The highest BCUT2D eigenvalue weighted by atomic mass is 79.9. The number of sulfone groups is 1. The number of aromatic nitrogens is 3. The van der Waals surface area contributed by atoms with Crippen LogP contribution >= 0.6 is 27.7 Å². The summed E-state index contributed by atoms with van der Waals surface area (Å²) in [5.41, 5.74) is 0. The number of benzene rings is 2. The summed E-state index contributed by atoms with van der Waals surface area (Å²) in [6.45, 7) is 0.339. The van der Waals surface area contributed by atoms with Gasteiger partial charge in [-0.3, -0.25) is 0 Å². The Morgan fingerprint density at radius 3 is 2.62 bits per heavy atom. The number of hydrogen-bond donors (Lipinski definition) is 0. The van der Waals surface area contributed by atoms with E-state index in [-0.39, 0.29) is 11.9 Å². The van der Waals surface area contributed by atoms with Gasteiger partial charge in [0, 0.05) is 17.3 Å². The molecule has 1 atom stereocenters. The standard InChI is InChI=1S/C19H18BrN3O4S2/c1-23-18(17-12-26-15-4-2-3-5-16(15)27-17)21-22-19(23)28-10-11-29(24,25)14-8-6-13(20)7-9-14/h2-9,17H,10-12H2,1H3. The van der Waals surface area contributed by atoms with Gasteiger partial charge in [0.05, 0.1) is 10.6 Å². The van der Waals surface area contributed by atoms with Gasteiger partial charge >= 0.3 is 0 Å². The van der Waals surface area contributed by atoms with Crippen LogP contribution in [0.3, 0.4) is 0 Å². The van der Waals surface area contributed by atoms with Crippen molar-refractivity contribution in [3.8, 4) is 11.5 Å². The van der Waals surface area contributed by atoms with Gasteiger partial charge < -0.3 is 14.0 Å². The van der Waals surface area contributed by atoms with Crippen molar-refractivity contribution in [2.24, 2.45) is 7.05 Å². The maximum Gasteiger partial charge on any atom is 0.192 e. The van der Waals surface area contributed by atoms with E-state index in [1.54, 1.807) is 24.3 Å². The van der Waals surface area contributed by atoms with Crippen molar-refractivity contribution in [3.05, 3.63) is 58.8 Å². The number of fused-ring (bicyclic) bond motifs is 1. The van der Waals surface area contributed by atoms with Crippen LogP contribution in [0.4, 0.5) is 0 Å². The van der Waals surface area contributed by atoms with Crippen molar-refractivity contribution < 1.29 is 17.9 Å². The van der Waals surface area contributed by atoms with Crippen molar-refractivity contribution in [1.29, 1.82) is 0 Å². The van der Waals surface area contributed by atoms with Gasteiger partial charge in [0.2, 0.25) is 0 Å². The molecule has 3 aromatic rings. The van der Waals surface area contributed by atoms with E-state index in [2.05, 4.69) is 26.1 Å². The average Bonchev–Trinajstić information content (AvgIpc) is 3.08. The number of thioether (sulfide) groups is 1. The zero-order chi connectivity index (χ0) is 20.4. The lowest BCUT2D eigenvalue weighted by Crippen LogP contribution is -2.24. The summed E-state index contributed by atoms with van der Waals surface area (Å²) in [5, 5.41) is 9.05. The monoisotopic (exact) mass is 495 g/mol. The lowest BCUT2D eigenvalue weighted by molar-refractivity contribution is 0.0825. The summed E-state index contributed by atoms with van der Waals surface area (Å²) >= 11 is 4.66. The second-order valence-electron chi connectivity index (χ2n) is 6.39. The first-order valence-electron chi connectivity index (χ1n) is 8.83. The van der Waals surface area contributed by atoms with Crippen molar-refractivity contribution >= 4 is 37.5 Å². The molecule has 2 heterocycles. The third-order valence-electron chi connectivity index (χ3n) is 4.42.